The first-order valence-corrected chi connectivity index (χ1v) is 15.0. The van der Waals surface area contributed by atoms with E-state index < -0.39 is 19.6 Å². The number of nitrogen functional groups attached to an aromatic ring is 1. The summed E-state index contributed by atoms with van der Waals surface area (Å²) < 4.78 is 26.4. The lowest BCUT2D eigenvalue weighted by Crippen LogP contribution is -2.40. The van der Waals surface area contributed by atoms with Gasteiger partial charge in [-0.15, -0.1) is 0 Å². The minimum absolute atomic E-state index is 0.00179. The molecule has 3 aromatic rings. The summed E-state index contributed by atoms with van der Waals surface area (Å²) in [7, 11) is -1.67. The van der Waals surface area contributed by atoms with E-state index in [2.05, 4.69) is 27.0 Å². The van der Waals surface area contributed by atoms with Crippen LogP contribution in [0.3, 0.4) is 0 Å². The number of anilines is 1. The van der Waals surface area contributed by atoms with E-state index in [1.165, 1.54) is 0 Å². The molecule has 0 radical (unpaired) electrons. The van der Waals surface area contributed by atoms with Gasteiger partial charge in [-0.25, -0.2) is 10.1 Å². The van der Waals surface area contributed by atoms with Gasteiger partial charge in [0.15, 0.2) is 11.2 Å². The lowest BCUT2D eigenvalue weighted by Gasteiger charge is -2.25. The van der Waals surface area contributed by atoms with E-state index in [1.807, 2.05) is 31.2 Å². The Morgan fingerprint density at radius 2 is 2.02 bits per heavy atom. The number of benzene rings is 1. The summed E-state index contributed by atoms with van der Waals surface area (Å²) in [4.78, 5) is 36.3. The van der Waals surface area contributed by atoms with Gasteiger partial charge in [-0.05, 0) is 64.0 Å². The summed E-state index contributed by atoms with van der Waals surface area (Å²) in [5, 5.41) is 3.36. The van der Waals surface area contributed by atoms with E-state index in [9.17, 15) is 9.59 Å². The molecule has 3 aliphatic rings. The van der Waals surface area contributed by atoms with Crippen LogP contribution in [0.4, 0.5) is 5.95 Å². The van der Waals surface area contributed by atoms with Crippen LogP contribution in [0.15, 0.2) is 35.4 Å². The number of carbonyl (C=O) groups excluding carboxylic acids is 1. The number of esters is 1. The SMILES string of the molecule is Cc1ccc(OP(NC2(C(=O)OC3CCCC3)CC2)OCC2CC(C)C(n3cnc4c(=O)[nH]c(N)nc43)O2)cc1. The number of aryl methyl sites for hydroxylation is 1. The highest BCUT2D eigenvalue weighted by molar-refractivity contribution is 7.45. The lowest BCUT2D eigenvalue weighted by atomic mass is 10.1. The number of nitrogens with one attached hydrogen (secondary N) is 2. The van der Waals surface area contributed by atoms with Crippen molar-refractivity contribution in [2.24, 2.45) is 5.92 Å². The number of fused-ring (bicyclic) bond motifs is 1. The molecule has 1 saturated heterocycles. The van der Waals surface area contributed by atoms with Crippen molar-refractivity contribution in [1.82, 2.24) is 24.6 Å². The minimum atomic E-state index is -1.67. The molecule has 0 bridgehead atoms. The van der Waals surface area contributed by atoms with Gasteiger partial charge >= 0.3 is 14.5 Å². The Kier molecular flexibility index (Phi) is 7.52. The van der Waals surface area contributed by atoms with Gasteiger partial charge in [0.1, 0.15) is 23.6 Å². The van der Waals surface area contributed by atoms with Crippen molar-refractivity contribution < 1.29 is 23.3 Å². The molecule has 3 fully saturated rings. The first kappa shape index (κ1) is 27.1. The largest absolute Gasteiger partial charge is 0.461 e. The average Bonchev–Trinajstić information content (AvgIpc) is 3.21. The maximum absolute atomic E-state index is 13.1. The molecule has 2 aliphatic carbocycles. The average molecular weight is 571 g/mol. The van der Waals surface area contributed by atoms with Crippen LogP contribution >= 0.6 is 8.53 Å². The normalized spacial score (nSPS) is 24.8. The Bertz CT molecular complexity index is 1420. The molecule has 6 rings (SSSR count). The van der Waals surface area contributed by atoms with E-state index in [0.717, 1.165) is 31.2 Å². The second-order valence-electron chi connectivity index (χ2n) is 11.1. The monoisotopic (exact) mass is 570 g/mol. The van der Waals surface area contributed by atoms with Crippen LogP contribution in [-0.2, 0) is 18.8 Å². The number of ether oxygens (including phenoxy) is 2. The molecule has 4 N–H and O–H groups in total. The zero-order chi connectivity index (χ0) is 27.9. The number of carbonyl (C=O) groups is 1. The second kappa shape index (κ2) is 11.1. The maximum Gasteiger partial charge on any atom is 0.327 e. The topological polar surface area (TPSA) is 156 Å². The van der Waals surface area contributed by atoms with E-state index in [1.54, 1.807) is 10.9 Å². The van der Waals surface area contributed by atoms with Gasteiger partial charge in [0, 0.05) is 5.92 Å². The maximum atomic E-state index is 13.1. The molecule has 1 aliphatic heterocycles. The van der Waals surface area contributed by atoms with Crippen LogP contribution in [0.1, 0.15) is 63.7 Å². The molecule has 0 spiro atoms. The van der Waals surface area contributed by atoms with E-state index in [0.29, 0.717) is 30.7 Å². The van der Waals surface area contributed by atoms with Crippen LogP contribution in [0.2, 0.25) is 0 Å². The molecule has 0 amide bonds. The Labute approximate surface area is 232 Å². The number of hydrogen-bond acceptors (Lipinski definition) is 10. The fraction of sp³-hybridized carbons (Fsp3) is 0.556. The summed E-state index contributed by atoms with van der Waals surface area (Å²) in [5.41, 5.74) is 6.31. The van der Waals surface area contributed by atoms with Crippen LogP contribution in [0, 0.1) is 12.8 Å². The van der Waals surface area contributed by atoms with Crippen molar-refractivity contribution in [1.29, 1.82) is 0 Å². The summed E-state index contributed by atoms with van der Waals surface area (Å²) in [6.07, 6.45) is 7.04. The third kappa shape index (κ3) is 5.72. The van der Waals surface area contributed by atoms with Gasteiger partial charge in [0.2, 0.25) is 5.95 Å². The van der Waals surface area contributed by atoms with Crippen molar-refractivity contribution in [3.8, 4) is 5.75 Å². The van der Waals surface area contributed by atoms with Crippen LogP contribution in [-0.4, -0.2) is 49.8 Å². The van der Waals surface area contributed by atoms with Crippen molar-refractivity contribution in [2.75, 3.05) is 12.3 Å². The Morgan fingerprint density at radius 3 is 2.75 bits per heavy atom. The molecule has 40 heavy (non-hydrogen) atoms. The van der Waals surface area contributed by atoms with Gasteiger partial charge in [-0.1, -0.05) is 24.6 Å². The number of nitrogens with two attached hydrogens (primary N) is 1. The third-order valence-corrected chi connectivity index (χ3v) is 9.16. The van der Waals surface area contributed by atoms with Crippen molar-refractivity contribution in [2.45, 2.75) is 82.8 Å². The number of aromatic amines is 1. The molecular weight excluding hydrogens is 535 g/mol. The predicted molar refractivity (Wildman–Crippen MR) is 148 cm³/mol. The first-order chi connectivity index (χ1) is 19.3. The van der Waals surface area contributed by atoms with Gasteiger partial charge in [-0.3, -0.25) is 19.1 Å². The summed E-state index contributed by atoms with van der Waals surface area (Å²) >= 11 is 0. The standard InChI is InChI=1S/C27H35N6O6P/c1-16-7-9-19(10-8-16)39-40(32-27(11-12-27)25(35)38-18-5-3-4-6-18)36-14-20-13-17(2)24(37-20)33-15-29-21-22(33)30-26(28)31-23(21)34/h7-10,15,17-18,20,24,32H,3-6,11-14H2,1-2H3,(H3,28,30,31,34). The van der Waals surface area contributed by atoms with Crippen LogP contribution in [0.25, 0.3) is 11.2 Å². The van der Waals surface area contributed by atoms with Crippen molar-refractivity contribution in [3.05, 3.63) is 46.5 Å². The fourth-order valence-corrected chi connectivity index (χ4v) is 6.80. The van der Waals surface area contributed by atoms with Gasteiger partial charge < -0.3 is 24.3 Å². The zero-order valence-corrected chi connectivity index (χ0v) is 23.6. The van der Waals surface area contributed by atoms with Gasteiger partial charge in [0.05, 0.1) is 19.0 Å². The highest BCUT2D eigenvalue weighted by Crippen LogP contribution is 2.48. The summed E-state index contributed by atoms with van der Waals surface area (Å²) in [5.74, 6) is 0.556. The zero-order valence-electron chi connectivity index (χ0n) is 22.7. The molecule has 1 aromatic carbocycles. The molecular formula is C27H35N6O6P. The molecule has 12 nitrogen and oxygen atoms in total. The molecule has 3 heterocycles. The predicted octanol–water partition coefficient (Wildman–Crippen LogP) is 3.86. The second-order valence-corrected chi connectivity index (χ2v) is 12.3. The van der Waals surface area contributed by atoms with Crippen molar-refractivity contribution >= 4 is 31.6 Å². The fourth-order valence-electron chi connectivity index (χ4n) is 5.35. The number of nitrogens with zero attached hydrogens (tertiary/aromatic N) is 3. The number of imidazole rings is 1. The molecule has 2 aromatic heterocycles. The molecule has 214 valence electrons. The van der Waals surface area contributed by atoms with Crippen molar-refractivity contribution in [3.63, 3.8) is 0 Å². The minimum Gasteiger partial charge on any atom is -0.461 e. The smallest absolute Gasteiger partial charge is 0.327 e. The van der Waals surface area contributed by atoms with E-state index in [-0.39, 0.29) is 48.4 Å². The third-order valence-electron chi connectivity index (χ3n) is 7.79. The lowest BCUT2D eigenvalue weighted by molar-refractivity contribution is -0.152. The van der Waals surface area contributed by atoms with E-state index >= 15 is 0 Å². The van der Waals surface area contributed by atoms with Crippen LogP contribution in [0.5, 0.6) is 5.75 Å². The number of H-pyrrole nitrogens is 1. The van der Waals surface area contributed by atoms with Crippen LogP contribution < -0.4 is 20.9 Å². The Morgan fingerprint density at radius 1 is 1.27 bits per heavy atom. The Balaban J connectivity index is 1.14. The van der Waals surface area contributed by atoms with E-state index in [4.69, 9.17) is 24.3 Å². The quantitative estimate of drug-likeness (QED) is 0.242. The highest BCUT2D eigenvalue weighted by Gasteiger charge is 2.54. The molecule has 4 atom stereocenters. The van der Waals surface area contributed by atoms with Gasteiger partial charge in [0.25, 0.3) is 5.56 Å². The summed E-state index contributed by atoms with van der Waals surface area (Å²) in [6.45, 7) is 4.33. The van der Waals surface area contributed by atoms with Gasteiger partial charge in [-0.2, -0.15) is 4.98 Å². The Hall–Kier alpha value is -3.05. The number of rotatable bonds is 10. The number of aromatic nitrogens is 4. The molecule has 4 unspecified atom stereocenters. The molecule has 13 heteroatoms. The number of hydrogen-bond donors (Lipinski definition) is 3. The first-order valence-electron chi connectivity index (χ1n) is 13.8. The highest BCUT2D eigenvalue weighted by atomic mass is 31.2. The molecule has 2 saturated carbocycles. The summed E-state index contributed by atoms with van der Waals surface area (Å²) in [6, 6.07) is 7.72.